The molecule has 0 aliphatic rings. The maximum Gasteiger partial charge on any atom is 0.258 e. The minimum Gasteiger partial charge on any atom is -0.483 e. The van der Waals surface area contributed by atoms with Gasteiger partial charge in [-0.05, 0) is 42.0 Å². The fourth-order valence-corrected chi connectivity index (χ4v) is 2.62. The van der Waals surface area contributed by atoms with Crippen LogP contribution in [0.5, 0.6) is 5.75 Å². The van der Waals surface area contributed by atoms with Crippen LogP contribution in [-0.4, -0.2) is 12.5 Å². The molecule has 0 bridgehead atoms. The number of nitrogens with one attached hydrogen (secondary N) is 1. The molecule has 0 spiro atoms. The van der Waals surface area contributed by atoms with E-state index in [0.29, 0.717) is 0 Å². The molecule has 1 amide bonds. The molecule has 0 saturated carbocycles. The third kappa shape index (κ3) is 4.85. The van der Waals surface area contributed by atoms with Crippen LogP contribution in [0.15, 0.2) is 48.5 Å². The van der Waals surface area contributed by atoms with Crippen LogP contribution < -0.4 is 10.1 Å². The molecule has 1 N–H and O–H groups in total. The molecule has 0 aliphatic heterocycles. The minimum absolute atomic E-state index is 0.0176. The summed E-state index contributed by atoms with van der Waals surface area (Å²) in [5.74, 6) is 0.665. The number of amides is 1. The first kappa shape index (κ1) is 18.1. The van der Waals surface area contributed by atoms with Crippen molar-refractivity contribution in [3.05, 3.63) is 65.2 Å². The molecule has 0 radical (unpaired) electrons. The Bertz CT molecular complexity index is 687. The van der Waals surface area contributed by atoms with Crippen LogP contribution in [0.4, 0.5) is 0 Å². The minimum atomic E-state index is -0.118. The molecule has 0 aromatic heterocycles. The first-order valence-electron chi connectivity index (χ1n) is 8.35. The Hall–Kier alpha value is -2.29. The van der Waals surface area contributed by atoms with E-state index in [-0.39, 0.29) is 24.0 Å². The second kappa shape index (κ2) is 7.52. The van der Waals surface area contributed by atoms with Gasteiger partial charge in [-0.25, -0.2) is 0 Å². The van der Waals surface area contributed by atoms with Crippen LogP contribution in [0.2, 0.25) is 0 Å². The van der Waals surface area contributed by atoms with E-state index >= 15 is 0 Å². The Morgan fingerprint density at radius 2 is 1.79 bits per heavy atom. The molecule has 3 nitrogen and oxygen atoms in total. The van der Waals surface area contributed by atoms with Crippen LogP contribution in [0, 0.1) is 6.92 Å². The van der Waals surface area contributed by atoms with Gasteiger partial charge in [0.25, 0.3) is 5.91 Å². The maximum absolute atomic E-state index is 12.2. The number of ether oxygens (including phenoxy) is 1. The molecule has 24 heavy (non-hydrogen) atoms. The van der Waals surface area contributed by atoms with Crippen LogP contribution >= 0.6 is 0 Å². The van der Waals surface area contributed by atoms with E-state index < -0.39 is 0 Å². The average molecular weight is 325 g/mol. The highest BCUT2D eigenvalue weighted by atomic mass is 16.5. The summed E-state index contributed by atoms with van der Waals surface area (Å²) in [6.07, 6.45) is 0. The fraction of sp³-hybridized carbons (Fsp3) is 0.381. The summed E-state index contributed by atoms with van der Waals surface area (Å²) in [5, 5.41) is 2.98. The highest BCUT2D eigenvalue weighted by Gasteiger charge is 2.19. The van der Waals surface area contributed by atoms with Gasteiger partial charge >= 0.3 is 0 Å². The molecule has 128 valence electrons. The standard InChI is InChI=1S/C21H27NO2/c1-15-11-12-18(21(3,4)5)19(13-15)24-14-20(23)22-16(2)17-9-7-6-8-10-17/h6-13,16H,14H2,1-5H3,(H,22,23). The SMILES string of the molecule is Cc1ccc(C(C)(C)C)c(OCC(=O)NC(C)c2ccccc2)c1. The van der Waals surface area contributed by atoms with Gasteiger partial charge in [0.1, 0.15) is 5.75 Å². The number of rotatable bonds is 5. The molecule has 2 rings (SSSR count). The Morgan fingerprint density at radius 1 is 1.12 bits per heavy atom. The molecule has 1 unspecified atom stereocenters. The highest BCUT2D eigenvalue weighted by molar-refractivity contribution is 5.78. The van der Waals surface area contributed by atoms with Crippen molar-refractivity contribution >= 4 is 5.91 Å². The van der Waals surface area contributed by atoms with Crippen LogP contribution in [0.3, 0.4) is 0 Å². The average Bonchev–Trinajstić information content (AvgIpc) is 2.52. The number of carbonyl (C=O) groups is 1. The van der Waals surface area contributed by atoms with Crippen LogP contribution in [0.1, 0.15) is 50.4 Å². The van der Waals surface area contributed by atoms with Gasteiger partial charge in [0.05, 0.1) is 6.04 Å². The van der Waals surface area contributed by atoms with Crippen molar-refractivity contribution in [2.45, 2.75) is 46.1 Å². The lowest BCUT2D eigenvalue weighted by Crippen LogP contribution is -2.31. The summed E-state index contributed by atoms with van der Waals surface area (Å²) >= 11 is 0. The van der Waals surface area contributed by atoms with Crippen LogP contribution in [0.25, 0.3) is 0 Å². The number of hydrogen-bond donors (Lipinski definition) is 1. The number of carbonyl (C=O) groups excluding carboxylic acids is 1. The quantitative estimate of drug-likeness (QED) is 0.876. The first-order valence-corrected chi connectivity index (χ1v) is 8.35. The van der Waals surface area contributed by atoms with Crippen molar-refractivity contribution in [2.75, 3.05) is 6.61 Å². The molecule has 0 fully saturated rings. The number of aryl methyl sites for hydroxylation is 1. The van der Waals surface area contributed by atoms with Gasteiger partial charge in [-0.2, -0.15) is 0 Å². The predicted octanol–water partition coefficient (Wildman–Crippen LogP) is 4.55. The first-order chi connectivity index (χ1) is 11.3. The van der Waals surface area contributed by atoms with Crippen molar-refractivity contribution in [1.29, 1.82) is 0 Å². The van der Waals surface area contributed by atoms with Crippen molar-refractivity contribution in [3.8, 4) is 5.75 Å². The van der Waals surface area contributed by atoms with E-state index in [2.05, 4.69) is 38.2 Å². The van der Waals surface area contributed by atoms with Gasteiger partial charge in [-0.3, -0.25) is 4.79 Å². The van der Waals surface area contributed by atoms with Crippen molar-refractivity contribution in [1.82, 2.24) is 5.32 Å². The van der Waals surface area contributed by atoms with Crippen LogP contribution in [-0.2, 0) is 10.2 Å². The lowest BCUT2D eigenvalue weighted by molar-refractivity contribution is -0.123. The second-order valence-electron chi connectivity index (χ2n) is 7.24. The molecule has 2 aromatic carbocycles. The van der Waals surface area contributed by atoms with Crippen molar-refractivity contribution in [2.24, 2.45) is 0 Å². The molecule has 3 heteroatoms. The number of benzene rings is 2. The maximum atomic E-state index is 12.2. The topological polar surface area (TPSA) is 38.3 Å². The third-order valence-electron chi connectivity index (χ3n) is 3.98. The zero-order chi connectivity index (χ0) is 17.7. The second-order valence-corrected chi connectivity index (χ2v) is 7.24. The van der Waals surface area contributed by atoms with E-state index in [1.165, 1.54) is 0 Å². The summed E-state index contributed by atoms with van der Waals surface area (Å²) < 4.78 is 5.83. The Kier molecular flexibility index (Phi) is 5.66. The number of hydrogen-bond acceptors (Lipinski definition) is 2. The van der Waals surface area contributed by atoms with E-state index in [4.69, 9.17) is 4.74 Å². The summed E-state index contributed by atoms with van der Waals surface area (Å²) in [6.45, 7) is 10.4. The van der Waals surface area contributed by atoms with Gasteiger partial charge < -0.3 is 10.1 Å². The zero-order valence-electron chi connectivity index (χ0n) is 15.2. The lowest BCUT2D eigenvalue weighted by Gasteiger charge is -2.23. The van der Waals surface area contributed by atoms with E-state index in [1.807, 2.05) is 50.2 Å². The molecular formula is C21H27NO2. The van der Waals surface area contributed by atoms with E-state index in [9.17, 15) is 4.79 Å². The summed E-state index contributed by atoms with van der Waals surface area (Å²) in [4.78, 5) is 12.2. The zero-order valence-corrected chi connectivity index (χ0v) is 15.2. The van der Waals surface area contributed by atoms with E-state index in [1.54, 1.807) is 0 Å². The predicted molar refractivity (Wildman–Crippen MR) is 98.4 cm³/mol. The molecule has 2 aromatic rings. The monoisotopic (exact) mass is 325 g/mol. The molecule has 0 saturated heterocycles. The Balaban J connectivity index is 2.01. The van der Waals surface area contributed by atoms with Gasteiger partial charge in [-0.15, -0.1) is 0 Å². The van der Waals surface area contributed by atoms with Gasteiger partial charge in [0.2, 0.25) is 0 Å². The van der Waals surface area contributed by atoms with Crippen molar-refractivity contribution in [3.63, 3.8) is 0 Å². The van der Waals surface area contributed by atoms with Gasteiger partial charge in [0.15, 0.2) is 6.61 Å². The third-order valence-corrected chi connectivity index (χ3v) is 3.98. The molecular weight excluding hydrogens is 298 g/mol. The smallest absolute Gasteiger partial charge is 0.258 e. The lowest BCUT2D eigenvalue weighted by atomic mass is 9.86. The molecule has 0 aliphatic carbocycles. The van der Waals surface area contributed by atoms with Gasteiger partial charge in [-0.1, -0.05) is 63.2 Å². The Morgan fingerprint density at radius 3 is 2.42 bits per heavy atom. The highest BCUT2D eigenvalue weighted by Crippen LogP contribution is 2.32. The summed E-state index contributed by atoms with van der Waals surface area (Å²) in [6, 6.07) is 16.0. The van der Waals surface area contributed by atoms with Crippen molar-refractivity contribution < 1.29 is 9.53 Å². The fourth-order valence-electron chi connectivity index (χ4n) is 2.62. The normalized spacial score (nSPS) is 12.5. The molecule has 0 heterocycles. The van der Waals surface area contributed by atoms with Gasteiger partial charge in [0, 0.05) is 0 Å². The largest absolute Gasteiger partial charge is 0.483 e. The Labute approximate surface area is 145 Å². The van der Waals surface area contributed by atoms with E-state index in [0.717, 1.165) is 22.4 Å². The molecule has 1 atom stereocenters. The summed E-state index contributed by atoms with van der Waals surface area (Å²) in [5.41, 5.74) is 3.28. The summed E-state index contributed by atoms with van der Waals surface area (Å²) in [7, 11) is 0.